The minimum atomic E-state index is -0.583. The number of pyridine rings is 1. The number of carbonyl (C=O) groups is 1. The van der Waals surface area contributed by atoms with Crippen LogP contribution in [0.3, 0.4) is 0 Å². The molecular formula is C18H15FN2O3. The summed E-state index contributed by atoms with van der Waals surface area (Å²) in [6, 6.07) is 13.6. The highest BCUT2D eigenvalue weighted by Crippen LogP contribution is 2.20. The third kappa shape index (κ3) is 3.27. The van der Waals surface area contributed by atoms with Crippen molar-refractivity contribution >= 4 is 22.4 Å². The number of H-pyrrole nitrogens is 1. The molecule has 0 atom stereocenters. The number of hydrogen-bond acceptors (Lipinski definition) is 3. The molecule has 1 aromatic heterocycles. The third-order valence-electron chi connectivity index (χ3n) is 3.49. The fourth-order valence-corrected chi connectivity index (χ4v) is 2.42. The molecule has 3 rings (SSSR count). The van der Waals surface area contributed by atoms with Crippen LogP contribution in [0, 0.1) is 0 Å². The molecule has 6 heteroatoms. The molecule has 1 amide bonds. The highest BCUT2D eigenvalue weighted by Gasteiger charge is 2.12. The first kappa shape index (κ1) is 15.7. The molecule has 0 unspecified atom stereocenters. The molecule has 3 aromatic rings. The first-order valence-corrected chi connectivity index (χ1v) is 7.39. The van der Waals surface area contributed by atoms with E-state index in [4.69, 9.17) is 4.74 Å². The second kappa shape index (κ2) is 6.95. The lowest BCUT2D eigenvalue weighted by Gasteiger charge is -2.09. The van der Waals surface area contributed by atoms with E-state index < -0.39 is 6.67 Å². The second-order valence-electron chi connectivity index (χ2n) is 5.10. The Morgan fingerprint density at radius 1 is 1.12 bits per heavy atom. The highest BCUT2D eigenvalue weighted by atomic mass is 19.1. The van der Waals surface area contributed by atoms with E-state index in [1.807, 2.05) is 0 Å². The summed E-state index contributed by atoms with van der Waals surface area (Å²) in [5.74, 6) is 0.113. The number of hydrogen-bond donors (Lipinski definition) is 2. The minimum Gasteiger partial charge on any atom is -0.491 e. The van der Waals surface area contributed by atoms with Crippen LogP contribution < -0.4 is 15.6 Å². The third-order valence-corrected chi connectivity index (χ3v) is 3.49. The van der Waals surface area contributed by atoms with Gasteiger partial charge in [-0.15, -0.1) is 0 Å². The van der Waals surface area contributed by atoms with Crippen molar-refractivity contribution in [2.45, 2.75) is 0 Å². The van der Waals surface area contributed by atoms with E-state index in [1.54, 1.807) is 48.5 Å². The van der Waals surface area contributed by atoms with Crippen LogP contribution in [0.5, 0.6) is 5.75 Å². The molecule has 0 radical (unpaired) electrons. The fourth-order valence-electron chi connectivity index (χ4n) is 2.42. The summed E-state index contributed by atoms with van der Waals surface area (Å²) in [5.41, 5.74) is 0.635. The van der Waals surface area contributed by atoms with Crippen molar-refractivity contribution in [1.29, 1.82) is 0 Å². The number of amides is 1. The van der Waals surface area contributed by atoms with Gasteiger partial charge in [0.25, 0.3) is 11.5 Å². The van der Waals surface area contributed by atoms with Crippen LogP contribution in [0.4, 0.5) is 10.1 Å². The Labute approximate surface area is 137 Å². The lowest BCUT2D eigenvalue weighted by molar-refractivity contribution is 0.102. The Morgan fingerprint density at radius 2 is 1.92 bits per heavy atom. The van der Waals surface area contributed by atoms with Gasteiger partial charge in [0.15, 0.2) is 0 Å². The van der Waals surface area contributed by atoms with E-state index in [9.17, 15) is 14.0 Å². The van der Waals surface area contributed by atoms with Crippen molar-refractivity contribution in [3.05, 3.63) is 70.6 Å². The SMILES string of the molecule is O=C(Nc1cccc(OCCF)c1)c1c[nH]c(=O)c2ccccc12. The Morgan fingerprint density at radius 3 is 2.71 bits per heavy atom. The van der Waals surface area contributed by atoms with Gasteiger partial charge in [-0.05, 0) is 18.2 Å². The summed E-state index contributed by atoms with van der Waals surface area (Å²) in [6.45, 7) is -0.623. The topological polar surface area (TPSA) is 71.2 Å². The lowest BCUT2D eigenvalue weighted by Crippen LogP contribution is -2.16. The molecule has 0 aliphatic carbocycles. The molecule has 0 saturated carbocycles. The summed E-state index contributed by atoms with van der Waals surface area (Å²) < 4.78 is 17.4. The number of alkyl halides is 1. The van der Waals surface area contributed by atoms with Crippen LogP contribution >= 0.6 is 0 Å². The number of rotatable bonds is 5. The number of fused-ring (bicyclic) bond motifs is 1. The van der Waals surface area contributed by atoms with Gasteiger partial charge in [-0.25, -0.2) is 4.39 Å². The van der Waals surface area contributed by atoms with E-state index in [0.717, 1.165) is 0 Å². The molecule has 2 aromatic carbocycles. The quantitative estimate of drug-likeness (QED) is 0.757. The van der Waals surface area contributed by atoms with Crippen molar-refractivity contribution < 1.29 is 13.9 Å². The molecule has 5 nitrogen and oxygen atoms in total. The molecule has 2 N–H and O–H groups in total. The summed E-state index contributed by atoms with van der Waals surface area (Å²) >= 11 is 0. The summed E-state index contributed by atoms with van der Waals surface area (Å²) in [7, 11) is 0. The van der Waals surface area contributed by atoms with E-state index >= 15 is 0 Å². The van der Waals surface area contributed by atoms with E-state index in [2.05, 4.69) is 10.3 Å². The van der Waals surface area contributed by atoms with Gasteiger partial charge in [0.2, 0.25) is 0 Å². The van der Waals surface area contributed by atoms with Crippen LogP contribution in [0.2, 0.25) is 0 Å². The molecule has 122 valence electrons. The van der Waals surface area contributed by atoms with Gasteiger partial charge in [0.1, 0.15) is 19.0 Å². The summed E-state index contributed by atoms with van der Waals surface area (Å²) in [6.07, 6.45) is 1.39. The smallest absolute Gasteiger partial charge is 0.257 e. The van der Waals surface area contributed by atoms with Gasteiger partial charge < -0.3 is 15.0 Å². The lowest BCUT2D eigenvalue weighted by atomic mass is 10.1. The molecule has 0 bridgehead atoms. The van der Waals surface area contributed by atoms with E-state index in [1.165, 1.54) is 6.20 Å². The van der Waals surface area contributed by atoms with Crippen molar-refractivity contribution in [3.63, 3.8) is 0 Å². The first-order valence-electron chi connectivity index (χ1n) is 7.39. The van der Waals surface area contributed by atoms with Gasteiger partial charge in [0, 0.05) is 28.7 Å². The standard InChI is InChI=1S/C18H15FN2O3/c19-8-9-24-13-5-3-4-12(10-13)21-18(23)16-11-20-17(22)15-7-2-1-6-14(15)16/h1-7,10-11H,8-9H2,(H,20,22)(H,21,23). The van der Waals surface area contributed by atoms with Crippen molar-refractivity contribution in [3.8, 4) is 5.75 Å². The van der Waals surface area contributed by atoms with Crippen LogP contribution in [0.15, 0.2) is 59.5 Å². The molecule has 24 heavy (non-hydrogen) atoms. The zero-order chi connectivity index (χ0) is 16.9. The number of anilines is 1. The zero-order valence-corrected chi connectivity index (χ0v) is 12.7. The molecule has 1 heterocycles. The second-order valence-corrected chi connectivity index (χ2v) is 5.10. The van der Waals surface area contributed by atoms with Crippen LogP contribution in [-0.2, 0) is 0 Å². The Bertz CT molecular complexity index is 937. The average Bonchev–Trinajstić information content (AvgIpc) is 2.61. The van der Waals surface area contributed by atoms with Gasteiger partial charge in [-0.1, -0.05) is 24.3 Å². The molecular weight excluding hydrogens is 311 g/mol. The zero-order valence-electron chi connectivity index (χ0n) is 12.7. The van der Waals surface area contributed by atoms with Gasteiger partial charge in [-0.2, -0.15) is 0 Å². The monoisotopic (exact) mass is 326 g/mol. The Balaban J connectivity index is 1.88. The molecule has 0 aliphatic rings. The summed E-state index contributed by atoms with van der Waals surface area (Å²) in [5, 5.41) is 3.77. The molecule has 0 fully saturated rings. The van der Waals surface area contributed by atoms with Crippen LogP contribution in [-0.4, -0.2) is 24.2 Å². The van der Waals surface area contributed by atoms with Gasteiger partial charge >= 0.3 is 0 Å². The number of benzene rings is 2. The number of aromatic amines is 1. The minimum absolute atomic E-state index is 0.0397. The first-order chi connectivity index (χ1) is 11.7. The largest absolute Gasteiger partial charge is 0.491 e. The summed E-state index contributed by atoms with van der Waals surface area (Å²) in [4.78, 5) is 26.9. The predicted octanol–water partition coefficient (Wildman–Crippen LogP) is 3.13. The molecule has 0 saturated heterocycles. The van der Waals surface area contributed by atoms with Crippen molar-refractivity contribution in [1.82, 2.24) is 4.98 Å². The van der Waals surface area contributed by atoms with Crippen molar-refractivity contribution in [2.75, 3.05) is 18.6 Å². The number of halogens is 1. The Kier molecular flexibility index (Phi) is 4.56. The maximum atomic E-state index is 12.5. The van der Waals surface area contributed by atoms with Gasteiger partial charge in [-0.3, -0.25) is 9.59 Å². The van der Waals surface area contributed by atoms with Crippen LogP contribution in [0.1, 0.15) is 10.4 Å². The van der Waals surface area contributed by atoms with Crippen LogP contribution in [0.25, 0.3) is 10.8 Å². The van der Waals surface area contributed by atoms with E-state index in [0.29, 0.717) is 27.8 Å². The molecule has 0 spiro atoms. The number of nitrogens with one attached hydrogen (secondary N) is 2. The Hall–Kier alpha value is -3.15. The maximum absolute atomic E-state index is 12.5. The average molecular weight is 326 g/mol. The normalized spacial score (nSPS) is 10.5. The fraction of sp³-hybridized carbons (Fsp3) is 0.111. The molecule has 0 aliphatic heterocycles. The number of ether oxygens (including phenoxy) is 1. The van der Waals surface area contributed by atoms with Gasteiger partial charge in [0.05, 0.1) is 5.56 Å². The van der Waals surface area contributed by atoms with E-state index in [-0.39, 0.29) is 18.1 Å². The number of aromatic nitrogens is 1. The maximum Gasteiger partial charge on any atom is 0.257 e. The number of carbonyl (C=O) groups excluding carboxylic acids is 1. The van der Waals surface area contributed by atoms with Crippen molar-refractivity contribution in [2.24, 2.45) is 0 Å². The predicted molar refractivity (Wildman–Crippen MR) is 90.4 cm³/mol. The highest BCUT2D eigenvalue weighted by molar-refractivity contribution is 6.12.